The van der Waals surface area contributed by atoms with Gasteiger partial charge in [-0.1, -0.05) is 30.3 Å². The highest BCUT2D eigenvalue weighted by molar-refractivity contribution is 7.93. The number of hydrogen-bond acceptors (Lipinski definition) is 7. The molecule has 0 atom stereocenters. The van der Waals surface area contributed by atoms with E-state index in [2.05, 4.69) is 15.0 Å². The first-order valence-corrected chi connectivity index (χ1v) is 12.1. The fourth-order valence-corrected chi connectivity index (χ4v) is 5.21. The smallest absolute Gasteiger partial charge is 0.263 e. The molecule has 0 aliphatic heterocycles. The molecule has 0 aliphatic rings. The van der Waals surface area contributed by atoms with E-state index in [4.69, 9.17) is 9.83 Å². The van der Waals surface area contributed by atoms with Crippen LogP contribution in [0.3, 0.4) is 0 Å². The van der Waals surface area contributed by atoms with Crippen LogP contribution in [0.15, 0.2) is 87.6 Å². The molecule has 2 aromatic heterocycles. The lowest BCUT2D eigenvalue weighted by Gasteiger charge is -2.09. The molecule has 0 radical (unpaired) electrons. The highest BCUT2D eigenvalue weighted by Crippen LogP contribution is 2.25. The van der Waals surface area contributed by atoms with Crippen molar-refractivity contribution in [3.05, 3.63) is 89.4 Å². The Morgan fingerprint density at radius 3 is 2.55 bits per heavy atom. The Bertz CT molecular complexity index is 1660. The Morgan fingerprint density at radius 2 is 1.79 bits per heavy atom. The van der Waals surface area contributed by atoms with Gasteiger partial charge in [-0.3, -0.25) is 14.9 Å². The molecule has 164 valence electrons. The van der Waals surface area contributed by atoms with E-state index in [0.29, 0.717) is 11.3 Å². The molecule has 10 heteroatoms. The number of hydrogen-bond donors (Lipinski definition) is 3. The number of fused-ring (bicyclic) bond motifs is 3. The number of amides is 1. The minimum atomic E-state index is -3.79. The van der Waals surface area contributed by atoms with Gasteiger partial charge in [-0.05, 0) is 47.2 Å². The summed E-state index contributed by atoms with van der Waals surface area (Å²) in [5.74, 6) is -0.532. The topological polar surface area (TPSA) is 125 Å². The molecule has 1 amide bonds. The van der Waals surface area contributed by atoms with E-state index in [1.165, 1.54) is 41.8 Å². The van der Waals surface area contributed by atoms with E-state index in [9.17, 15) is 13.2 Å². The van der Waals surface area contributed by atoms with Crippen molar-refractivity contribution in [3.8, 4) is 0 Å². The summed E-state index contributed by atoms with van der Waals surface area (Å²) in [6.45, 7) is 0. The first-order valence-electron chi connectivity index (χ1n) is 9.75. The summed E-state index contributed by atoms with van der Waals surface area (Å²) in [5, 5.41) is 15.4. The molecule has 0 saturated heterocycles. The third-order valence-electron chi connectivity index (χ3n) is 5.00. The largest absolute Gasteiger partial charge is 0.438 e. The van der Waals surface area contributed by atoms with Gasteiger partial charge in [0.2, 0.25) is 5.55 Å². The molecule has 5 rings (SSSR count). The fraction of sp³-hybridized carbons (Fsp3) is 0. The van der Waals surface area contributed by atoms with Crippen molar-refractivity contribution in [2.45, 2.75) is 4.90 Å². The van der Waals surface area contributed by atoms with E-state index < -0.39 is 15.9 Å². The molecule has 3 aromatic carbocycles. The summed E-state index contributed by atoms with van der Waals surface area (Å²) in [5.41, 5.74) is 0.700. The maximum absolute atomic E-state index is 12.9. The van der Waals surface area contributed by atoms with Crippen LogP contribution in [0.4, 0.5) is 10.8 Å². The first kappa shape index (κ1) is 20.9. The summed E-state index contributed by atoms with van der Waals surface area (Å²) in [4.78, 5) is 16.8. The van der Waals surface area contributed by atoms with E-state index in [-0.39, 0.29) is 21.1 Å². The third kappa shape index (κ3) is 4.09. The van der Waals surface area contributed by atoms with Crippen LogP contribution in [-0.4, -0.2) is 19.3 Å². The summed E-state index contributed by atoms with van der Waals surface area (Å²) in [7, 11) is -3.79. The quantitative estimate of drug-likeness (QED) is 0.320. The van der Waals surface area contributed by atoms with Gasteiger partial charge >= 0.3 is 0 Å². The molecule has 0 saturated carbocycles. The Morgan fingerprint density at radius 1 is 1.00 bits per heavy atom. The summed E-state index contributed by atoms with van der Waals surface area (Å²) >= 11 is 1.17. The van der Waals surface area contributed by atoms with Crippen molar-refractivity contribution >= 4 is 59.8 Å². The number of nitrogens with zero attached hydrogens (tertiary/aromatic N) is 1. The van der Waals surface area contributed by atoms with Crippen LogP contribution >= 0.6 is 11.3 Å². The Hall–Kier alpha value is -4.02. The first-order chi connectivity index (χ1) is 15.9. The molecule has 2 heterocycles. The van der Waals surface area contributed by atoms with Crippen LogP contribution in [0.1, 0.15) is 10.4 Å². The monoisotopic (exact) mass is 476 g/mol. The van der Waals surface area contributed by atoms with E-state index in [1.54, 1.807) is 17.5 Å². The number of carbonyl (C=O) groups is 1. The predicted octanol–water partition coefficient (Wildman–Crippen LogP) is 4.58. The second-order valence-corrected chi connectivity index (χ2v) is 9.69. The van der Waals surface area contributed by atoms with Crippen molar-refractivity contribution in [1.82, 2.24) is 4.98 Å². The number of benzene rings is 3. The van der Waals surface area contributed by atoms with Crippen molar-refractivity contribution in [2.75, 3.05) is 10.0 Å². The van der Waals surface area contributed by atoms with Crippen molar-refractivity contribution in [1.29, 1.82) is 5.41 Å². The number of sulfonamides is 1. The SMILES string of the molecule is N=c1oc2ccc3ccccc3c2cc1C(=O)Nc1ccc(S(=O)(=O)Nc2nccs2)cc1. The fourth-order valence-electron chi connectivity index (χ4n) is 3.42. The van der Waals surface area contributed by atoms with Gasteiger partial charge < -0.3 is 9.73 Å². The Balaban J connectivity index is 1.42. The number of carbonyl (C=O) groups excluding carboxylic acids is 1. The van der Waals surface area contributed by atoms with E-state index in [0.717, 1.165) is 16.2 Å². The number of anilines is 2. The van der Waals surface area contributed by atoms with Crippen LogP contribution in [0, 0.1) is 5.41 Å². The number of thiazole rings is 1. The van der Waals surface area contributed by atoms with Gasteiger partial charge in [0.1, 0.15) is 11.1 Å². The standard InChI is InChI=1S/C23H16N4O4S2/c24-21-19(13-18-17-4-2-1-3-14(17)5-10-20(18)31-21)22(28)26-15-6-8-16(9-7-15)33(29,30)27-23-25-11-12-32-23/h1-13,24H,(H,25,27)(H,26,28). The second kappa shape index (κ2) is 8.15. The predicted molar refractivity (Wildman–Crippen MR) is 127 cm³/mol. The molecular formula is C23H16N4O4S2. The summed E-state index contributed by atoms with van der Waals surface area (Å²) in [6, 6.07) is 18.7. The van der Waals surface area contributed by atoms with Gasteiger partial charge in [0.05, 0.1) is 4.90 Å². The Kier molecular flexibility index (Phi) is 5.15. The van der Waals surface area contributed by atoms with Crippen LogP contribution in [0.2, 0.25) is 0 Å². The molecule has 8 nitrogen and oxygen atoms in total. The molecule has 0 bridgehead atoms. The summed E-state index contributed by atoms with van der Waals surface area (Å²) in [6.07, 6.45) is 1.50. The molecule has 5 aromatic rings. The molecular weight excluding hydrogens is 460 g/mol. The van der Waals surface area contributed by atoms with E-state index >= 15 is 0 Å². The molecule has 0 spiro atoms. The van der Waals surface area contributed by atoms with Crippen LogP contribution < -0.4 is 15.6 Å². The number of rotatable bonds is 5. The zero-order valence-corrected chi connectivity index (χ0v) is 18.5. The summed E-state index contributed by atoms with van der Waals surface area (Å²) < 4.78 is 32.9. The number of nitrogens with one attached hydrogen (secondary N) is 3. The van der Waals surface area contributed by atoms with Gasteiger partial charge in [0.25, 0.3) is 15.9 Å². The molecule has 0 fully saturated rings. The van der Waals surface area contributed by atoms with Gasteiger partial charge in [-0.25, -0.2) is 13.4 Å². The van der Waals surface area contributed by atoms with Gasteiger partial charge in [0, 0.05) is 22.7 Å². The van der Waals surface area contributed by atoms with Crippen molar-refractivity contribution < 1.29 is 17.6 Å². The third-order valence-corrected chi connectivity index (χ3v) is 7.17. The molecule has 33 heavy (non-hydrogen) atoms. The van der Waals surface area contributed by atoms with Crippen molar-refractivity contribution in [3.63, 3.8) is 0 Å². The second-order valence-electron chi connectivity index (χ2n) is 7.11. The molecule has 0 aliphatic carbocycles. The van der Waals surface area contributed by atoms with Gasteiger partial charge in [0.15, 0.2) is 5.13 Å². The highest BCUT2D eigenvalue weighted by Gasteiger charge is 2.17. The van der Waals surface area contributed by atoms with E-state index in [1.807, 2.05) is 30.3 Å². The lowest BCUT2D eigenvalue weighted by molar-refractivity contribution is 0.102. The average molecular weight is 477 g/mol. The zero-order chi connectivity index (χ0) is 23.0. The maximum Gasteiger partial charge on any atom is 0.263 e. The van der Waals surface area contributed by atoms with Gasteiger partial charge in [-0.15, -0.1) is 11.3 Å². The normalized spacial score (nSPS) is 11.5. The average Bonchev–Trinajstić information content (AvgIpc) is 3.31. The highest BCUT2D eigenvalue weighted by atomic mass is 32.2. The maximum atomic E-state index is 12.9. The van der Waals surface area contributed by atoms with Crippen LogP contribution in [0.5, 0.6) is 0 Å². The molecule has 0 unspecified atom stereocenters. The van der Waals surface area contributed by atoms with Crippen LogP contribution in [-0.2, 0) is 10.0 Å². The number of aromatic nitrogens is 1. The zero-order valence-electron chi connectivity index (χ0n) is 16.9. The molecule has 3 N–H and O–H groups in total. The minimum absolute atomic E-state index is 0.0315. The van der Waals surface area contributed by atoms with Gasteiger partial charge in [-0.2, -0.15) is 0 Å². The van der Waals surface area contributed by atoms with Crippen molar-refractivity contribution in [2.24, 2.45) is 0 Å². The lowest BCUT2D eigenvalue weighted by atomic mass is 10.0. The lowest BCUT2D eigenvalue weighted by Crippen LogP contribution is -2.21. The minimum Gasteiger partial charge on any atom is -0.438 e. The van der Waals surface area contributed by atoms with Crippen LogP contribution in [0.25, 0.3) is 21.7 Å². The Labute approximate surface area is 192 Å².